The Labute approximate surface area is 156 Å². The molecule has 136 valence electrons. The molecule has 9 heteroatoms. The first kappa shape index (κ1) is 17.9. The molecule has 26 heavy (non-hydrogen) atoms. The SMILES string of the molecule is CCn1cnc2c(Nc3cccc(Cl)c3)nc(NCCNC(C)=O)nc21. The van der Waals surface area contributed by atoms with E-state index in [0.717, 1.165) is 17.9 Å². The number of hydrogen-bond donors (Lipinski definition) is 3. The van der Waals surface area contributed by atoms with Crippen LogP contribution in [0.15, 0.2) is 30.6 Å². The first-order chi connectivity index (χ1) is 12.6. The fourth-order valence-electron chi connectivity index (χ4n) is 2.46. The predicted octanol–water partition coefficient (Wildman–Crippen LogP) is 2.79. The molecule has 3 rings (SSSR count). The number of carbonyl (C=O) groups is 1. The van der Waals surface area contributed by atoms with Crippen LogP contribution in [0.4, 0.5) is 17.5 Å². The fourth-order valence-corrected chi connectivity index (χ4v) is 2.65. The van der Waals surface area contributed by atoms with Crippen LogP contribution in [0.2, 0.25) is 5.02 Å². The number of rotatable bonds is 7. The molecule has 0 saturated heterocycles. The van der Waals surface area contributed by atoms with Crippen LogP contribution in [0.3, 0.4) is 0 Å². The molecule has 2 heterocycles. The highest BCUT2D eigenvalue weighted by Gasteiger charge is 2.13. The van der Waals surface area contributed by atoms with E-state index in [9.17, 15) is 4.79 Å². The second-order valence-electron chi connectivity index (χ2n) is 5.64. The predicted molar refractivity (Wildman–Crippen MR) is 103 cm³/mol. The van der Waals surface area contributed by atoms with Crippen molar-refractivity contribution in [2.45, 2.75) is 20.4 Å². The summed E-state index contributed by atoms with van der Waals surface area (Å²) in [6.07, 6.45) is 1.74. The van der Waals surface area contributed by atoms with Gasteiger partial charge in [-0.15, -0.1) is 0 Å². The van der Waals surface area contributed by atoms with Crippen LogP contribution < -0.4 is 16.0 Å². The standard InChI is InChI=1S/C17H20ClN7O/c1-3-25-10-21-14-15(22-13-6-4-5-12(18)9-13)23-17(24-16(14)25)20-8-7-19-11(2)26/h4-6,9-10H,3,7-8H2,1-2H3,(H,19,26)(H2,20,22,23,24). The molecule has 0 saturated carbocycles. The lowest BCUT2D eigenvalue weighted by molar-refractivity contribution is -0.118. The number of carbonyl (C=O) groups excluding carboxylic acids is 1. The quantitative estimate of drug-likeness (QED) is 0.551. The van der Waals surface area contributed by atoms with E-state index in [2.05, 4.69) is 30.9 Å². The molecule has 3 aromatic rings. The van der Waals surface area contributed by atoms with Crippen molar-refractivity contribution < 1.29 is 4.79 Å². The maximum Gasteiger partial charge on any atom is 0.226 e. The molecule has 0 aliphatic rings. The van der Waals surface area contributed by atoms with Gasteiger partial charge in [-0.2, -0.15) is 9.97 Å². The Kier molecular flexibility index (Phi) is 5.52. The molecule has 0 spiro atoms. The molecule has 0 bridgehead atoms. The molecule has 0 fully saturated rings. The van der Waals surface area contributed by atoms with Crippen LogP contribution in [-0.4, -0.2) is 38.5 Å². The fraction of sp³-hybridized carbons (Fsp3) is 0.294. The number of nitrogens with zero attached hydrogens (tertiary/aromatic N) is 4. The van der Waals surface area contributed by atoms with E-state index in [1.54, 1.807) is 6.33 Å². The van der Waals surface area contributed by atoms with Gasteiger partial charge in [-0.25, -0.2) is 4.98 Å². The Morgan fingerprint density at radius 3 is 2.85 bits per heavy atom. The van der Waals surface area contributed by atoms with Crippen LogP contribution in [0.25, 0.3) is 11.2 Å². The molecule has 0 aliphatic carbocycles. The second-order valence-corrected chi connectivity index (χ2v) is 6.08. The van der Waals surface area contributed by atoms with E-state index in [1.165, 1.54) is 6.92 Å². The largest absolute Gasteiger partial charge is 0.355 e. The maximum absolute atomic E-state index is 11.0. The number of aromatic nitrogens is 4. The Bertz CT molecular complexity index is 925. The normalized spacial score (nSPS) is 10.7. The van der Waals surface area contributed by atoms with E-state index in [0.29, 0.717) is 35.4 Å². The van der Waals surface area contributed by atoms with Crippen molar-refractivity contribution in [2.24, 2.45) is 0 Å². The Hall–Kier alpha value is -2.87. The van der Waals surface area contributed by atoms with Gasteiger partial charge in [0, 0.05) is 37.3 Å². The number of benzene rings is 1. The minimum Gasteiger partial charge on any atom is -0.355 e. The number of nitrogens with one attached hydrogen (secondary N) is 3. The summed E-state index contributed by atoms with van der Waals surface area (Å²) >= 11 is 6.06. The van der Waals surface area contributed by atoms with Crippen molar-refractivity contribution in [1.82, 2.24) is 24.8 Å². The van der Waals surface area contributed by atoms with E-state index in [4.69, 9.17) is 11.6 Å². The van der Waals surface area contributed by atoms with Gasteiger partial charge >= 0.3 is 0 Å². The smallest absolute Gasteiger partial charge is 0.226 e. The van der Waals surface area contributed by atoms with Crippen molar-refractivity contribution in [2.75, 3.05) is 23.7 Å². The summed E-state index contributed by atoms with van der Waals surface area (Å²) in [5.74, 6) is 0.976. The number of halogens is 1. The van der Waals surface area contributed by atoms with E-state index >= 15 is 0 Å². The Morgan fingerprint density at radius 2 is 2.12 bits per heavy atom. The van der Waals surface area contributed by atoms with Gasteiger partial charge in [-0.1, -0.05) is 17.7 Å². The zero-order valence-electron chi connectivity index (χ0n) is 14.6. The van der Waals surface area contributed by atoms with Crippen molar-refractivity contribution in [3.8, 4) is 0 Å². The summed E-state index contributed by atoms with van der Waals surface area (Å²) in [5, 5.41) is 9.74. The van der Waals surface area contributed by atoms with Crippen LogP contribution in [-0.2, 0) is 11.3 Å². The molecule has 0 unspecified atom stereocenters. The Balaban J connectivity index is 1.89. The highest BCUT2D eigenvalue weighted by atomic mass is 35.5. The van der Waals surface area contributed by atoms with Gasteiger partial charge in [0.2, 0.25) is 11.9 Å². The number of anilines is 3. The van der Waals surface area contributed by atoms with E-state index in [-0.39, 0.29) is 5.91 Å². The van der Waals surface area contributed by atoms with Gasteiger partial charge in [0.15, 0.2) is 17.0 Å². The van der Waals surface area contributed by atoms with Crippen LogP contribution in [0.1, 0.15) is 13.8 Å². The summed E-state index contributed by atoms with van der Waals surface area (Å²) in [6, 6.07) is 7.39. The summed E-state index contributed by atoms with van der Waals surface area (Å²) < 4.78 is 1.94. The molecule has 8 nitrogen and oxygen atoms in total. The molecule has 1 aromatic carbocycles. The second kappa shape index (κ2) is 8.01. The lowest BCUT2D eigenvalue weighted by Crippen LogP contribution is -2.26. The lowest BCUT2D eigenvalue weighted by Gasteiger charge is -2.11. The lowest BCUT2D eigenvalue weighted by atomic mass is 10.3. The van der Waals surface area contributed by atoms with Crippen LogP contribution >= 0.6 is 11.6 Å². The molecule has 0 atom stereocenters. The zero-order chi connectivity index (χ0) is 18.5. The number of amides is 1. The summed E-state index contributed by atoms with van der Waals surface area (Å²) in [7, 11) is 0. The highest BCUT2D eigenvalue weighted by molar-refractivity contribution is 6.30. The van der Waals surface area contributed by atoms with Crippen molar-refractivity contribution in [3.05, 3.63) is 35.6 Å². The van der Waals surface area contributed by atoms with E-state index in [1.807, 2.05) is 35.8 Å². The summed E-state index contributed by atoms with van der Waals surface area (Å²) in [4.78, 5) is 24.5. The van der Waals surface area contributed by atoms with Gasteiger partial charge < -0.3 is 20.5 Å². The third-order valence-corrected chi connectivity index (χ3v) is 3.91. The highest BCUT2D eigenvalue weighted by Crippen LogP contribution is 2.25. The Morgan fingerprint density at radius 1 is 1.27 bits per heavy atom. The summed E-state index contributed by atoms with van der Waals surface area (Å²) in [6.45, 7) is 5.25. The van der Waals surface area contributed by atoms with Gasteiger partial charge in [0.05, 0.1) is 6.33 Å². The van der Waals surface area contributed by atoms with Gasteiger partial charge in [0.1, 0.15) is 0 Å². The minimum atomic E-state index is -0.0736. The number of hydrogen-bond acceptors (Lipinski definition) is 6. The third kappa shape index (κ3) is 4.20. The number of imidazole rings is 1. The molecule has 0 aliphatic heterocycles. The molecular weight excluding hydrogens is 354 g/mol. The van der Waals surface area contributed by atoms with Crippen LogP contribution in [0, 0.1) is 0 Å². The van der Waals surface area contributed by atoms with Gasteiger partial charge in [-0.05, 0) is 25.1 Å². The van der Waals surface area contributed by atoms with Crippen LogP contribution in [0.5, 0.6) is 0 Å². The topological polar surface area (TPSA) is 96.8 Å². The zero-order valence-corrected chi connectivity index (χ0v) is 15.3. The molecule has 3 N–H and O–H groups in total. The minimum absolute atomic E-state index is 0.0736. The van der Waals surface area contributed by atoms with E-state index < -0.39 is 0 Å². The average Bonchev–Trinajstić information content (AvgIpc) is 3.02. The number of fused-ring (bicyclic) bond motifs is 1. The molecule has 2 aromatic heterocycles. The third-order valence-electron chi connectivity index (χ3n) is 3.67. The monoisotopic (exact) mass is 373 g/mol. The van der Waals surface area contributed by atoms with Gasteiger partial charge in [0.25, 0.3) is 0 Å². The number of aryl methyl sites for hydroxylation is 1. The van der Waals surface area contributed by atoms with Gasteiger partial charge in [-0.3, -0.25) is 4.79 Å². The molecule has 1 amide bonds. The first-order valence-electron chi connectivity index (χ1n) is 8.30. The van der Waals surface area contributed by atoms with Crippen molar-refractivity contribution in [3.63, 3.8) is 0 Å². The summed E-state index contributed by atoms with van der Waals surface area (Å²) in [5.41, 5.74) is 2.22. The molecule has 0 radical (unpaired) electrons. The first-order valence-corrected chi connectivity index (χ1v) is 8.68. The van der Waals surface area contributed by atoms with Crippen molar-refractivity contribution >= 4 is 46.1 Å². The average molecular weight is 374 g/mol. The maximum atomic E-state index is 11.0. The van der Waals surface area contributed by atoms with Crippen molar-refractivity contribution in [1.29, 1.82) is 0 Å². The molecular formula is C17H20ClN7O.